The van der Waals surface area contributed by atoms with E-state index in [4.69, 9.17) is 5.73 Å². The van der Waals surface area contributed by atoms with Crippen LogP contribution in [0.2, 0.25) is 0 Å². The molecule has 0 amide bonds. The largest absolute Gasteiger partial charge is 0.330 e. The molecule has 1 unspecified atom stereocenters. The third-order valence-corrected chi connectivity index (χ3v) is 3.20. The minimum absolute atomic E-state index is 0.673. The van der Waals surface area contributed by atoms with Crippen LogP contribution in [0.15, 0.2) is 5.38 Å². The molecule has 0 saturated heterocycles. The molecule has 1 heterocycles. The third kappa shape index (κ3) is 5.25. The molecule has 0 aromatic carbocycles. The minimum atomic E-state index is 0.673. The topological polar surface area (TPSA) is 50.9 Å². The number of nitrogens with zero attached hydrogens (tertiary/aromatic N) is 1. The number of nitrogens with one attached hydrogen (secondary N) is 1. The van der Waals surface area contributed by atoms with Gasteiger partial charge in [-0.3, -0.25) is 0 Å². The van der Waals surface area contributed by atoms with Crippen LogP contribution in [0.1, 0.15) is 24.0 Å². The maximum Gasteiger partial charge on any atom is 0.0897 e. The fourth-order valence-electron chi connectivity index (χ4n) is 1.47. The fraction of sp³-hybridized carbons (Fsp3) is 0.727. The van der Waals surface area contributed by atoms with E-state index >= 15 is 0 Å². The van der Waals surface area contributed by atoms with Crippen molar-refractivity contribution in [2.24, 2.45) is 11.7 Å². The van der Waals surface area contributed by atoms with Crippen LogP contribution in [0.25, 0.3) is 0 Å². The molecule has 1 atom stereocenters. The fourth-order valence-corrected chi connectivity index (χ4v) is 2.12. The van der Waals surface area contributed by atoms with Gasteiger partial charge in [0.1, 0.15) is 0 Å². The Morgan fingerprint density at radius 3 is 3.00 bits per heavy atom. The molecule has 0 saturated carbocycles. The third-order valence-electron chi connectivity index (χ3n) is 2.38. The van der Waals surface area contributed by atoms with E-state index in [9.17, 15) is 0 Å². The second-order valence-electron chi connectivity index (χ2n) is 3.99. The van der Waals surface area contributed by atoms with Crippen LogP contribution in [0.4, 0.5) is 0 Å². The zero-order valence-electron chi connectivity index (χ0n) is 9.62. The Bertz CT molecular complexity index is 273. The Morgan fingerprint density at radius 2 is 2.40 bits per heavy atom. The molecular weight excluding hydrogens is 206 g/mol. The SMILES string of the molecule is Cc1nc(CCNCC(C)CCN)cs1. The van der Waals surface area contributed by atoms with Gasteiger partial charge >= 0.3 is 0 Å². The van der Waals surface area contributed by atoms with Crippen molar-refractivity contribution in [2.45, 2.75) is 26.7 Å². The molecule has 15 heavy (non-hydrogen) atoms. The molecule has 0 aliphatic heterocycles. The molecular formula is C11H21N3S. The van der Waals surface area contributed by atoms with Gasteiger partial charge in [-0.25, -0.2) is 4.98 Å². The van der Waals surface area contributed by atoms with Crippen LogP contribution in [0.3, 0.4) is 0 Å². The lowest BCUT2D eigenvalue weighted by molar-refractivity contribution is 0.488. The Kier molecular flexibility index (Phi) is 5.83. The van der Waals surface area contributed by atoms with Crippen molar-refractivity contribution in [3.05, 3.63) is 16.1 Å². The highest BCUT2D eigenvalue weighted by Crippen LogP contribution is 2.07. The quantitative estimate of drug-likeness (QED) is 0.695. The van der Waals surface area contributed by atoms with Gasteiger partial charge in [-0.2, -0.15) is 0 Å². The molecule has 1 aromatic heterocycles. The number of nitrogens with two attached hydrogens (primary N) is 1. The van der Waals surface area contributed by atoms with E-state index in [-0.39, 0.29) is 0 Å². The molecule has 0 radical (unpaired) electrons. The van der Waals surface area contributed by atoms with Crippen molar-refractivity contribution in [1.82, 2.24) is 10.3 Å². The number of aromatic nitrogens is 1. The second kappa shape index (κ2) is 6.93. The maximum atomic E-state index is 5.49. The van der Waals surface area contributed by atoms with Crippen molar-refractivity contribution < 1.29 is 0 Å². The van der Waals surface area contributed by atoms with Crippen molar-refractivity contribution >= 4 is 11.3 Å². The zero-order chi connectivity index (χ0) is 11.1. The molecule has 3 nitrogen and oxygen atoms in total. The smallest absolute Gasteiger partial charge is 0.0897 e. The van der Waals surface area contributed by atoms with Gasteiger partial charge in [-0.05, 0) is 32.4 Å². The van der Waals surface area contributed by atoms with Crippen LogP contribution in [-0.2, 0) is 6.42 Å². The van der Waals surface area contributed by atoms with Crippen molar-refractivity contribution in [1.29, 1.82) is 0 Å². The molecule has 1 aromatic rings. The average molecular weight is 227 g/mol. The monoisotopic (exact) mass is 227 g/mol. The predicted molar refractivity (Wildman–Crippen MR) is 66.3 cm³/mol. The lowest BCUT2D eigenvalue weighted by atomic mass is 10.1. The summed E-state index contributed by atoms with van der Waals surface area (Å²) in [5.74, 6) is 0.673. The molecule has 0 spiro atoms. The summed E-state index contributed by atoms with van der Waals surface area (Å²) < 4.78 is 0. The number of aryl methyl sites for hydroxylation is 1. The standard InChI is InChI=1S/C11H21N3S/c1-9(3-5-12)7-13-6-4-11-8-15-10(2)14-11/h8-9,13H,3-7,12H2,1-2H3. The summed E-state index contributed by atoms with van der Waals surface area (Å²) in [6, 6.07) is 0. The molecule has 4 heteroatoms. The molecule has 0 aliphatic carbocycles. The van der Waals surface area contributed by atoms with Gasteiger partial charge in [0.25, 0.3) is 0 Å². The van der Waals surface area contributed by atoms with E-state index < -0.39 is 0 Å². The Hall–Kier alpha value is -0.450. The van der Waals surface area contributed by atoms with Gasteiger partial charge < -0.3 is 11.1 Å². The average Bonchev–Trinajstić information content (AvgIpc) is 2.60. The Labute approximate surface area is 96.1 Å². The van der Waals surface area contributed by atoms with Gasteiger partial charge in [0, 0.05) is 18.3 Å². The van der Waals surface area contributed by atoms with Crippen molar-refractivity contribution in [2.75, 3.05) is 19.6 Å². The van der Waals surface area contributed by atoms with E-state index in [2.05, 4.69) is 22.6 Å². The number of hydrogen-bond donors (Lipinski definition) is 2. The summed E-state index contributed by atoms with van der Waals surface area (Å²) in [4.78, 5) is 4.42. The van der Waals surface area contributed by atoms with E-state index in [1.54, 1.807) is 11.3 Å². The second-order valence-corrected chi connectivity index (χ2v) is 5.06. The highest BCUT2D eigenvalue weighted by Gasteiger charge is 2.01. The van der Waals surface area contributed by atoms with Crippen molar-refractivity contribution in [3.8, 4) is 0 Å². The first kappa shape index (κ1) is 12.6. The summed E-state index contributed by atoms with van der Waals surface area (Å²) in [7, 11) is 0. The molecule has 0 aliphatic rings. The lowest BCUT2D eigenvalue weighted by Gasteiger charge is -2.10. The highest BCUT2D eigenvalue weighted by molar-refractivity contribution is 7.09. The van der Waals surface area contributed by atoms with Gasteiger partial charge in [0.15, 0.2) is 0 Å². The summed E-state index contributed by atoms with van der Waals surface area (Å²) in [5.41, 5.74) is 6.70. The van der Waals surface area contributed by atoms with E-state index in [1.165, 1.54) is 5.69 Å². The molecule has 1 rings (SSSR count). The minimum Gasteiger partial charge on any atom is -0.330 e. The first-order valence-corrected chi connectivity index (χ1v) is 6.42. The first-order valence-electron chi connectivity index (χ1n) is 5.54. The number of rotatable bonds is 7. The van der Waals surface area contributed by atoms with Crippen LogP contribution >= 0.6 is 11.3 Å². The highest BCUT2D eigenvalue weighted by atomic mass is 32.1. The Balaban J connectivity index is 2.06. The van der Waals surface area contributed by atoms with Gasteiger partial charge in [-0.15, -0.1) is 11.3 Å². The zero-order valence-corrected chi connectivity index (χ0v) is 10.4. The van der Waals surface area contributed by atoms with Crippen LogP contribution < -0.4 is 11.1 Å². The lowest BCUT2D eigenvalue weighted by Crippen LogP contribution is -2.24. The predicted octanol–water partition coefficient (Wildman–Crippen LogP) is 1.57. The Morgan fingerprint density at radius 1 is 1.60 bits per heavy atom. The summed E-state index contributed by atoms with van der Waals surface area (Å²) in [6.45, 7) is 7.13. The molecule has 0 bridgehead atoms. The van der Waals surface area contributed by atoms with E-state index in [0.29, 0.717) is 5.92 Å². The first-order chi connectivity index (χ1) is 7.22. The summed E-state index contributed by atoms with van der Waals surface area (Å²) >= 11 is 1.72. The van der Waals surface area contributed by atoms with Crippen LogP contribution in [0.5, 0.6) is 0 Å². The van der Waals surface area contributed by atoms with Crippen LogP contribution in [-0.4, -0.2) is 24.6 Å². The summed E-state index contributed by atoms with van der Waals surface area (Å²) in [6.07, 6.45) is 2.13. The van der Waals surface area contributed by atoms with Crippen LogP contribution in [0, 0.1) is 12.8 Å². The normalized spacial score (nSPS) is 13.0. The van der Waals surface area contributed by atoms with Gasteiger partial charge in [0.05, 0.1) is 10.7 Å². The molecule has 0 fully saturated rings. The number of hydrogen-bond acceptors (Lipinski definition) is 4. The van der Waals surface area contributed by atoms with E-state index in [1.807, 2.05) is 6.92 Å². The van der Waals surface area contributed by atoms with E-state index in [0.717, 1.165) is 37.5 Å². The molecule has 3 N–H and O–H groups in total. The molecule has 86 valence electrons. The maximum absolute atomic E-state index is 5.49. The van der Waals surface area contributed by atoms with Gasteiger partial charge in [-0.1, -0.05) is 6.92 Å². The van der Waals surface area contributed by atoms with Crippen molar-refractivity contribution in [3.63, 3.8) is 0 Å². The summed E-state index contributed by atoms with van der Waals surface area (Å²) in [5, 5.41) is 6.73. The number of thiazole rings is 1. The van der Waals surface area contributed by atoms with Gasteiger partial charge in [0.2, 0.25) is 0 Å².